The predicted octanol–water partition coefficient (Wildman–Crippen LogP) is 3.96. The number of hydrogen-bond acceptors (Lipinski definition) is 4. The molecule has 0 bridgehead atoms. The zero-order valence-electron chi connectivity index (χ0n) is 15.5. The Bertz CT molecular complexity index is 1130. The molecule has 4 rings (SSSR count). The van der Waals surface area contributed by atoms with E-state index in [2.05, 4.69) is 31.0 Å². The Hall–Kier alpha value is -2.79. The Morgan fingerprint density at radius 2 is 1.59 bits per heavy atom. The molecule has 0 fully saturated rings. The van der Waals surface area contributed by atoms with Crippen molar-refractivity contribution in [3.05, 3.63) is 84.2 Å². The Morgan fingerprint density at radius 3 is 2.21 bits per heavy atom. The molecule has 0 aliphatic heterocycles. The van der Waals surface area contributed by atoms with Crippen LogP contribution in [0.4, 0.5) is 8.78 Å². The Labute approximate surface area is 181 Å². The normalized spacial score (nSPS) is 11.2. The van der Waals surface area contributed by atoms with Crippen LogP contribution in [0.3, 0.4) is 0 Å². The molecule has 4 aromatic heterocycles. The van der Waals surface area contributed by atoms with E-state index in [4.69, 9.17) is 0 Å². The van der Waals surface area contributed by atoms with Gasteiger partial charge in [-0.2, -0.15) is 0 Å². The number of nitrogens with zero attached hydrogens (tertiary/aromatic N) is 5. The van der Waals surface area contributed by atoms with Gasteiger partial charge in [-0.1, -0.05) is 42.2 Å². The number of hydrogen-bond donors (Lipinski definition) is 0. The van der Waals surface area contributed by atoms with Gasteiger partial charge in [0.1, 0.15) is 11.9 Å². The van der Waals surface area contributed by atoms with Gasteiger partial charge in [0.05, 0.1) is 11.4 Å². The van der Waals surface area contributed by atoms with Crippen LogP contribution in [0.25, 0.3) is 22.8 Å². The average molecular weight is 570 g/mol. The van der Waals surface area contributed by atoms with Gasteiger partial charge >= 0.3 is 21.1 Å². The summed E-state index contributed by atoms with van der Waals surface area (Å²) in [7, 11) is 0. The van der Waals surface area contributed by atoms with E-state index >= 15 is 0 Å². The van der Waals surface area contributed by atoms with Crippen molar-refractivity contribution >= 4 is 0 Å². The van der Waals surface area contributed by atoms with E-state index in [1.165, 1.54) is 0 Å². The molecule has 0 unspecified atom stereocenters. The maximum Gasteiger partial charge on any atom is 2.00 e. The molecule has 0 N–H and O–H groups in total. The van der Waals surface area contributed by atoms with Gasteiger partial charge in [-0.05, 0) is 43.6 Å². The van der Waals surface area contributed by atoms with Crippen LogP contribution in [-0.2, 0) is 26.5 Å². The molecule has 0 atom stereocenters. The molecule has 0 saturated carbocycles. The van der Waals surface area contributed by atoms with Crippen molar-refractivity contribution < 1.29 is 29.8 Å². The summed E-state index contributed by atoms with van der Waals surface area (Å²) >= 11 is 0. The fourth-order valence-electron chi connectivity index (χ4n) is 2.89. The summed E-state index contributed by atoms with van der Waals surface area (Å²) in [5.74, 6) is -1.32. The van der Waals surface area contributed by atoms with Crippen LogP contribution in [0.2, 0.25) is 0 Å². The van der Waals surface area contributed by atoms with Gasteiger partial charge in [0.15, 0.2) is 0 Å². The molecule has 0 aliphatic carbocycles. The number of pyridine rings is 3. The molecule has 4 heterocycles. The molecule has 5 nitrogen and oxygen atoms in total. The zero-order valence-corrected chi connectivity index (χ0v) is 17.8. The third-order valence-electron chi connectivity index (χ3n) is 4.47. The van der Waals surface area contributed by atoms with Gasteiger partial charge in [-0.3, -0.25) is 9.97 Å². The fourth-order valence-corrected chi connectivity index (χ4v) is 2.89. The van der Waals surface area contributed by atoms with Gasteiger partial charge in [0.2, 0.25) is 0 Å². The minimum atomic E-state index is -0.948. The minimum Gasteiger partial charge on any atom is -0.441 e. The first-order chi connectivity index (χ1) is 13.4. The van der Waals surface area contributed by atoms with E-state index in [9.17, 15) is 8.78 Å². The molecule has 4 aromatic rings. The number of imidazole rings is 1. The predicted molar refractivity (Wildman–Crippen MR) is 99.1 cm³/mol. The van der Waals surface area contributed by atoms with Crippen molar-refractivity contribution in [2.24, 2.45) is 0 Å². The first kappa shape index (κ1) is 20.9. The summed E-state index contributed by atoms with van der Waals surface area (Å²) in [6.45, 7) is 3.94. The van der Waals surface area contributed by atoms with Crippen LogP contribution in [0.15, 0.2) is 54.9 Å². The largest absolute Gasteiger partial charge is 2.00 e. The van der Waals surface area contributed by atoms with Gasteiger partial charge in [0.25, 0.3) is 0 Å². The third-order valence-corrected chi connectivity index (χ3v) is 4.47. The summed E-state index contributed by atoms with van der Waals surface area (Å²) in [5, 5.41) is 0. The Balaban J connectivity index is 0.00000240. The van der Waals surface area contributed by atoms with E-state index in [1.807, 2.05) is 38.1 Å². The van der Waals surface area contributed by atoms with Gasteiger partial charge in [0, 0.05) is 11.1 Å². The molecule has 0 aromatic carbocycles. The van der Waals surface area contributed by atoms with Crippen molar-refractivity contribution in [2.45, 2.75) is 19.3 Å². The smallest absolute Gasteiger partial charge is 0.441 e. The number of halogens is 2. The van der Waals surface area contributed by atoms with Gasteiger partial charge in [-0.15, -0.1) is 6.07 Å². The standard InChI is InChI=1S/C21H15F2N5.Pt/c1-21(2,17-8-4-6-15(27-17)20-24-11-12-25-20)16-7-3-5-14(26-16)13-9-10-18(22)28-19(13)23;/h3-8,10-12H,1-2H3;/q-2;+2. The van der Waals surface area contributed by atoms with Crippen molar-refractivity contribution in [1.29, 1.82) is 0 Å². The van der Waals surface area contributed by atoms with Crippen LogP contribution in [0.1, 0.15) is 25.2 Å². The van der Waals surface area contributed by atoms with Crippen LogP contribution in [0, 0.1) is 18.0 Å². The summed E-state index contributed by atoms with van der Waals surface area (Å²) in [6, 6.07) is 14.4. The van der Waals surface area contributed by atoms with E-state index in [1.54, 1.807) is 24.5 Å². The second kappa shape index (κ2) is 8.29. The van der Waals surface area contributed by atoms with E-state index in [0.29, 0.717) is 22.9 Å². The number of rotatable bonds is 4. The average Bonchev–Trinajstić information content (AvgIpc) is 3.23. The van der Waals surface area contributed by atoms with E-state index in [-0.39, 0.29) is 26.6 Å². The number of aromatic nitrogens is 5. The van der Waals surface area contributed by atoms with Crippen LogP contribution < -0.4 is 4.98 Å². The summed E-state index contributed by atoms with van der Waals surface area (Å²) in [4.78, 5) is 20.8. The minimum absolute atomic E-state index is 0. The monoisotopic (exact) mass is 570 g/mol. The first-order valence-electron chi connectivity index (χ1n) is 8.58. The van der Waals surface area contributed by atoms with E-state index in [0.717, 1.165) is 11.8 Å². The summed E-state index contributed by atoms with van der Waals surface area (Å²) in [6.07, 6.45) is 3.23. The second-order valence-electron chi connectivity index (χ2n) is 6.71. The van der Waals surface area contributed by atoms with Crippen molar-refractivity contribution in [1.82, 2.24) is 24.9 Å². The summed E-state index contributed by atoms with van der Waals surface area (Å²) in [5.41, 5.74) is 1.87. The topological polar surface area (TPSA) is 65.7 Å². The van der Waals surface area contributed by atoms with Gasteiger partial charge in [-0.25, -0.2) is 8.78 Å². The Morgan fingerprint density at radius 1 is 0.931 bits per heavy atom. The zero-order chi connectivity index (χ0) is 19.7. The van der Waals surface area contributed by atoms with Crippen molar-refractivity contribution in [3.63, 3.8) is 0 Å². The molecule has 0 amide bonds. The first-order valence-corrected chi connectivity index (χ1v) is 8.58. The second-order valence-corrected chi connectivity index (χ2v) is 6.71. The van der Waals surface area contributed by atoms with Crippen LogP contribution >= 0.6 is 0 Å². The van der Waals surface area contributed by atoms with Gasteiger partial charge < -0.3 is 15.0 Å². The molecular formula is C21H15F2N5Pt. The molecule has 0 spiro atoms. The van der Waals surface area contributed by atoms with Crippen molar-refractivity contribution in [2.75, 3.05) is 0 Å². The maximum absolute atomic E-state index is 14.0. The molecule has 29 heavy (non-hydrogen) atoms. The summed E-state index contributed by atoms with van der Waals surface area (Å²) < 4.78 is 27.1. The molecule has 0 saturated heterocycles. The van der Waals surface area contributed by atoms with Crippen LogP contribution in [0.5, 0.6) is 0 Å². The maximum atomic E-state index is 14.0. The molecule has 8 heteroatoms. The molecule has 0 aliphatic rings. The third kappa shape index (κ3) is 4.15. The van der Waals surface area contributed by atoms with Crippen LogP contribution in [-0.4, -0.2) is 19.9 Å². The SMILES string of the molecule is CC(C)(c1cccc(-c2ncc[n-]2)n1)c1cccc(-c2[c-]cc(F)nc2F)n1.[Pt+2]. The Kier molecular flexibility index (Phi) is 5.98. The molecule has 148 valence electrons. The molecular weight excluding hydrogens is 555 g/mol. The van der Waals surface area contributed by atoms with E-state index < -0.39 is 17.3 Å². The molecule has 0 radical (unpaired) electrons. The fraction of sp³-hybridized carbons (Fsp3) is 0.143. The quantitative estimate of drug-likeness (QED) is 0.275. The van der Waals surface area contributed by atoms with Crippen molar-refractivity contribution in [3.8, 4) is 22.8 Å².